The summed E-state index contributed by atoms with van der Waals surface area (Å²) in [5.74, 6) is 0. The van der Waals surface area contributed by atoms with Crippen molar-refractivity contribution in [1.82, 2.24) is 0 Å². The van der Waals surface area contributed by atoms with E-state index >= 15 is 0 Å². The topological polar surface area (TPSA) is 21.3 Å². The average molecular weight is 312 g/mol. The Morgan fingerprint density at radius 1 is 1.50 bits per heavy atom. The third-order valence-corrected chi connectivity index (χ3v) is 4.76. The van der Waals surface area contributed by atoms with Crippen molar-refractivity contribution < 1.29 is 4.74 Å². The lowest BCUT2D eigenvalue weighted by Gasteiger charge is -2.38. The summed E-state index contributed by atoms with van der Waals surface area (Å²) in [5, 5.41) is 3.64. The van der Waals surface area contributed by atoms with Gasteiger partial charge < -0.3 is 10.1 Å². The molecule has 0 saturated carbocycles. The number of nitrogens with one attached hydrogen (secondary N) is 1. The molecule has 2 nitrogen and oxygen atoms in total. The Labute approximate surface area is 118 Å². The molecular formula is C15H22BrNO. The molecule has 1 aromatic carbocycles. The zero-order chi connectivity index (χ0) is 13.2. The molecule has 0 bridgehead atoms. The standard InChI is InChI=1S/C15H22BrNO/c1-4-15(3)10-13(7-8-18-15)17-12-5-6-14(16)11(2)9-12/h5-6,9,13,17H,4,7-8,10H2,1-3H3. The minimum atomic E-state index is 0.0420. The molecule has 0 aliphatic carbocycles. The number of ether oxygens (including phenoxy) is 1. The van der Waals surface area contributed by atoms with Gasteiger partial charge in [-0.1, -0.05) is 22.9 Å². The molecule has 100 valence electrons. The molecule has 1 heterocycles. The van der Waals surface area contributed by atoms with Gasteiger partial charge in [0.1, 0.15) is 0 Å². The first kappa shape index (κ1) is 13.9. The van der Waals surface area contributed by atoms with Crippen LogP contribution in [0, 0.1) is 6.92 Å². The van der Waals surface area contributed by atoms with E-state index in [2.05, 4.69) is 60.2 Å². The predicted molar refractivity (Wildman–Crippen MR) is 80.2 cm³/mol. The van der Waals surface area contributed by atoms with Gasteiger partial charge in [0, 0.05) is 22.8 Å². The van der Waals surface area contributed by atoms with Crippen LogP contribution in [0.5, 0.6) is 0 Å². The molecule has 1 aliphatic rings. The summed E-state index contributed by atoms with van der Waals surface area (Å²) in [6.07, 6.45) is 3.24. The van der Waals surface area contributed by atoms with Gasteiger partial charge in [0.15, 0.2) is 0 Å². The van der Waals surface area contributed by atoms with Crippen molar-refractivity contribution >= 4 is 21.6 Å². The quantitative estimate of drug-likeness (QED) is 0.886. The van der Waals surface area contributed by atoms with Crippen LogP contribution in [0.1, 0.15) is 38.7 Å². The number of hydrogen-bond donors (Lipinski definition) is 1. The van der Waals surface area contributed by atoms with Crippen LogP contribution in [-0.2, 0) is 4.74 Å². The molecule has 3 heteroatoms. The highest BCUT2D eigenvalue weighted by Crippen LogP contribution is 2.30. The summed E-state index contributed by atoms with van der Waals surface area (Å²) in [6, 6.07) is 6.96. The second-order valence-corrected chi connectivity index (χ2v) is 6.30. The Morgan fingerprint density at radius 3 is 2.94 bits per heavy atom. The van der Waals surface area contributed by atoms with Crippen LogP contribution in [-0.4, -0.2) is 18.2 Å². The fourth-order valence-electron chi connectivity index (χ4n) is 2.47. The molecule has 0 aromatic heterocycles. The fraction of sp³-hybridized carbons (Fsp3) is 0.600. The highest BCUT2D eigenvalue weighted by Gasteiger charge is 2.31. The molecule has 1 N–H and O–H groups in total. The van der Waals surface area contributed by atoms with Crippen molar-refractivity contribution in [3.8, 4) is 0 Å². The number of anilines is 1. The Kier molecular flexibility index (Phi) is 4.33. The van der Waals surface area contributed by atoms with Gasteiger partial charge in [0.25, 0.3) is 0 Å². The van der Waals surface area contributed by atoms with Gasteiger partial charge in [-0.05, 0) is 56.9 Å². The number of halogens is 1. The van der Waals surface area contributed by atoms with Gasteiger partial charge in [0.05, 0.1) is 5.60 Å². The Morgan fingerprint density at radius 2 is 2.28 bits per heavy atom. The van der Waals surface area contributed by atoms with Crippen molar-refractivity contribution in [1.29, 1.82) is 0 Å². The van der Waals surface area contributed by atoms with Crippen LogP contribution < -0.4 is 5.32 Å². The minimum absolute atomic E-state index is 0.0420. The number of hydrogen-bond acceptors (Lipinski definition) is 2. The second-order valence-electron chi connectivity index (χ2n) is 5.45. The summed E-state index contributed by atoms with van der Waals surface area (Å²) in [6.45, 7) is 7.40. The van der Waals surface area contributed by atoms with E-state index in [1.54, 1.807) is 0 Å². The van der Waals surface area contributed by atoms with Gasteiger partial charge >= 0.3 is 0 Å². The summed E-state index contributed by atoms with van der Waals surface area (Å²) in [5.41, 5.74) is 2.52. The molecule has 1 aliphatic heterocycles. The zero-order valence-corrected chi connectivity index (χ0v) is 13.0. The Hall–Kier alpha value is -0.540. The SMILES string of the molecule is CCC1(C)CC(Nc2ccc(Br)c(C)c2)CCO1. The summed E-state index contributed by atoms with van der Waals surface area (Å²) < 4.78 is 7.04. The predicted octanol–water partition coefficient (Wildman–Crippen LogP) is 4.52. The van der Waals surface area contributed by atoms with Crippen LogP contribution in [0.2, 0.25) is 0 Å². The van der Waals surface area contributed by atoms with Crippen molar-refractivity contribution in [2.75, 3.05) is 11.9 Å². The van der Waals surface area contributed by atoms with Gasteiger partial charge in [-0.25, -0.2) is 0 Å². The summed E-state index contributed by atoms with van der Waals surface area (Å²) >= 11 is 3.54. The zero-order valence-electron chi connectivity index (χ0n) is 11.4. The third-order valence-electron chi connectivity index (χ3n) is 3.87. The maximum absolute atomic E-state index is 5.88. The van der Waals surface area contributed by atoms with Crippen LogP contribution in [0.3, 0.4) is 0 Å². The first-order valence-corrected chi connectivity index (χ1v) is 7.48. The lowest BCUT2D eigenvalue weighted by molar-refractivity contribution is -0.0708. The van der Waals surface area contributed by atoms with Crippen LogP contribution in [0.25, 0.3) is 0 Å². The van der Waals surface area contributed by atoms with E-state index in [1.165, 1.54) is 15.7 Å². The molecule has 0 amide bonds. The van der Waals surface area contributed by atoms with Crippen molar-refractivity contribution in [2.24, 2.45) is 0 Å². The average Bonchev–Trinajstić information content (AvgIpc) is 2.34. The molecule has 2 unspecified atom stereocenters. The van der Waals surface area contributed by atoms with Crippen LogP contribution in [0.15, 0.2) is 22.7 Å². The van der Waals surface area contributed by atoms with Gasteiger partial charge in [-0.15, -0.1) is 0 Å². The first-order chi connectivity index (χ1) is 8.52. The molecule has 0 radical (unpaired) electrons. The Bertz CT molecular complexity index is 421. The maximum Gasteiger partial charge on any atom is 0.0671 e. The van der Waals surface area contributed by atoms with E-state index in [4.69, 9.17) is 4.74 Å². The summed E-state index contributed by atoms with van der Waals surface area (Å²) in [7, 11) is 0. The van der Waals surface area contributed by atoms with E-state index in [-0.39, 0.29) is 5.60 Å². The van der Waals surface area contributed by atoms with Crippen LogP contribution >= 0.6 is 15.9 Å². The van der Waals surface area contributed by atoms with E-state index in [0.717, 1.165) is 25.9 Å². The van der Waals surface area contributed by atoms with E-state index in [0.29, 0.717) is 6.04 Å². The monoisotopic (exact) mass is 311 g/mol. The number of aryl methyl sites for hydroxylation is 1. The van der Waals surface area contributed by atoms with Crippen molar-refractivity contribution in [2.45, 2.75) is 51.7 Å². The highest BCUT2D eigenvalue weighted by atomic mass is 79.9. The molecule has 1 aromatic rings. The van der Waals surface area contributed by atoms with Crippen molar-refractivity contribution in [3.05, 3.63) is 28.2 Å². The number of benzene rings is 1. The van der Waals surface area contributed by atoms with E-state index < -0.39 is 0 Å². The highest BCUT2D eigenvalue weighted by molar-refractivity contribution is 9.10. The summed E-state index contributed by atoms with van der Waals surface area (Å²) in [4.78, 5) is 0. The molecule has 2 atom stereocenters. The third kappa shape index (κ3) is 3.27. The number of rotatable bonds is 3. The molecule has 18 heavy (non-hydrogen) atoms. The molecule has 1 saturated heterocycles. The van der Waals surface area contributed by atoms with Gasteiger partial charge in [0.2, 0.25) is 0 Å². The molecule has 1 fully saturated rings. The van der Waals surface area contributed by atoms with Crippen LogP contribution in [0.4, 0.5) is 5.69 Å². The lowest BCUT2D eigenvalue weighted by atomic mass is 9.90. The molecular weight excluding hydrogens is 290 g/mol. The molecule has 0 spiro atoms. The lowest BCUT2D eigenvalue weighted by Crippen LogP contribution is -2.41. The Balaban J connectivity index is 2.02. The van der Waals surface area contributed by atoms with Crippen molar-refractivity contribution in [3.63, 3.8) is 0 Å². The minimum Gasteiger partial charge on any atom is -0.382 e. The van der Waals surface area contributed by atoms with Gasteiger partial charge in [-0.3, -0.25) is 0 Å². The maximum atomic E-state index is 5.88. The van der Waals surface area contributed by atoms with E-state index in [1.807, 2.05) is 0 Å². The first-order valence-electron chi connectivity index (χ1n) is 6.69. The molecule has 2 rings (SSSR count). The van der Waals surface area contributed by atoms with Gasteiger partial charge in [-0.2, -0.15) is 0 Å². The smallest absolute Gasteiger partial charge is 0.0671 e. The largest absolute Gasteiger partial charge is 0.382 e. The van der Waals surface area contributed by atoms with E-state index in [9.17, 15) is 0 Å². The normalized spacial score (nSPS) is 28.1. The second kappa shape index (κ2) is 5.62. The fourth-order valence-corrected chi connectivity index (χ4v) is 2.72.